The van der Waals surface area contributed by atoms with E-state index in [4.69, 9.17) is 0 Å². The summed E-state index contributed by atoms with van der Waals surface area (Å²) in [6.07, 6.45) is 0. The zero-order chi connectivity index (χ0) is 13.3. The third-order valence-corrected chi connectivity index (χ3v) is 3.81. The molecule has 1 aromatic carbocycles. The molecule has 0 aliphatic rings. The molecule has 1 aromatic heterocycles. The highest BCUT2D eigenvalue weighted by Crippen LogP contribution is 2.22. The molecule has 1 amide bonds. The van der Waals surface area contributed by atoms with E-state index in [2.05, 4.69) is 37.3 Å². The van der Waals surface area contributed by atoms with Crippen molar-refractivity contribution in [3.05, 3.63) is 56.2 Å². The molecule has 0 saturated carbocycles. The fraction of sp³-hybridized carbons (Fsp3) is 0.154. The second-order valence-corrected chi connectivity index (χ2v) is 5.79. The van der Waals surface area contributed by atoms with Gasteiger partial charge in [-0.2, -0.15) is 0 Å². The number of carbonyl (C=O) groups excluding carboxylic acids is 1. The maximum atomic E-state index is 12.2. The van der Waals surface area contributed by atoms with Crippen LogP contribution in [0.2, 0.25) is 0 Å². The SMILES string of the molecule is Cc1ccc(C)n1NC(=O)c1ccc(Br)cc1Br. The minimum Gasteiger partial charge on any atom is -0.267 e. The zero-order valence-corrected chi connectivity index (χ0v) is 13.2. The summed E-state index contributed by atoms with van der Waals surface area (Å²) < 4.78 is 3.47. The summed E-state index contributed by atoms with van der Waals surface area (Å²) in [6.45, 7) is 3.90. The number of benzene rings is 1. The number of rotatable bonds is 2. The lowest BCUT2D eigenvalue weighted by Gasteiger charge is -2.12. The van der Waals surface area contributed by atoms with Crippen molar-refractivity contribution < 1.29 is 4.79 Å². The summed E-state index contributed by atoms with van der Waals surface area (Å²) in [5.74, 6) is -0.142. The van der Waals surface area contributed by atoms with Crippen LogP contribution < -0.4 is 5.43 Å². The van der Waals surface area contributed by atoms with Gasteiger partial charge in [0.2, 0.25) is 0 Å². The van der Waals surface area contributed by atoms with E-state index < -0.39 is 0 Å². The maximum absolute atomic E-state index is 12.2. The molecule has 0 radical (unpaired) electrons. The number of hydrogen-bond acceptors (Lipinski definition) is 1. The molecule has 1 heterocycles. The second kappa shape index (κ2) is 5.28. The predicted molar refractivity (Wildman–Crippen MR) is 79.4 cm³/mol. The number of aromatic nitrogens is 1. The Labute approximate surface area is 122 Å². The summed E-state index contributed by atoms with van der Waals surface area (Å²) >= 11 is 6.75. The number of aryl methyl sites for hydroxylation is 2. The highest BCUT2D eigenvalue weighted by atomic mass is 79.9. The standard InChI is InChI=1S/C13H12Br2N2O/c1-8-3-4-9(2)17(8)16-13(18)11-6-5-10(14)7-12(11)15/h3-7H,1-2H3,(H,16,18). The van der Waals surface area contributed by atoms with E-state index in [1.165, 1.54) is 0 Å². The van der Waals surface area contributed by atoms with E-state index in [-0.39, 0.29) is 5.91 Å². The van der Waals surface area contributed by atoms with Crippen LogP contribution in [-0.2, 0) is 0 Å². The number of carbonyl (C=O) groups is 1. The molecule has 2 aromatic rings. The van der Waals surface area contributed by atoms with Crippen molar-refractivity contribution in [2.45, 2.75) is 13.8 Å². The van der Waals surface area contributed by atoms with Crippen LogP contribution >= 0.6 is 31.9 Å². The van der Waals surface area contributed by atoms with Gasteiger partial charge in [0.15, 0.2) is 0 Å². The van der Waals surface area contributed by atoms with Gasteiger partial charge in [0.05, 0.1) is 5.56 Å². The molecule has 0 atom stereocenters. The van der Waals surface area contributed by atoms with E-state index in [1.807, 2.05) is 38.1 Å². The predicted octanol–water partition coefficient (Wildman–Crippen LogP) is 4.01. The van der Waals surface area contributed by atoms with E-state index in [0.717, 1.165) is 20.3 Å². The normalized spacial score (nSPS) is 10.4. The quantitative estimate of drug-likeness (QED) is 0.850. The molecule has 0 saturated heterocycles. The Morgan fingerprint density at radius 2 is 1.72 bits per heavy atom. The smallest absolute Gasteiger partial charge is 0.267 e. The van der Waals surface area contributed by atoms with E-state index >= 15 is 0 Å². The summed E-state index contributed by atoms with van der Waals surface area (Å²) in [5.41, 5.74) is 5.46. The first kappa shape index (κ1) is 13.4. The van der Waals surface area contributed by atoms with Gasteiger partial charge in [-0.15, -0.1) is 0 Å². The van der Waals surface area contributed by atoms with Crippen molar-refractivity contribution in [1.82, 2.24) is 4.68 Å². The monoisotopic (exact) mass is 370 g/mol. The van der Waals surface area contributed by atoms with Crippen LogP contribution in [-0.4, -0.2) is 10.6 Å². The number of halogens is 2. The van der Waals surface area contributed by atoms with E-state index in [0.29, 0.717) is 5.56 Å². The molecular formula is C13H12Br2N2O. The van der Waals surface area contributed by atoms with Crippen molar-refractivity contribution >= 4 is 37.8 Å². The van der Waals surface area contributed by atoms with Gasteiger partial charge in [0.25, 0.3) is 5.91 Å². The third kappa shape index (κ3) is 2.67. The molecule has 5 heteroatoms. The largest absolute Gasteiger partial charge is 0.271 e. The third-order valence-electron chi connectivity index (χ3n) is 2.66. The van der Waals surface area contributed by atoms with Gasteiger partial charge in [0, 0.05) is 20.3 Å². The van der Waals surface area contributed by atoms with Gasteiger partial charge in [-0.25, -0.2) is 0 Å². The van der Waals surface area contributed by atoms with Crippen LogP contribution in [0.3, 0.4) is 0 Å². The molecule has 0 aliphatic heterocycles. The molecule has 0 bridgehead atoms. The minimum atomic E-state index is -0.142. The molecular weight excluding hydrogens is 360 g/mol. The molecule has 0 spiro atoms. The zero-order valence-electron chi connectivity index (χ0n) is 10.00. The molecule has 0 unspecified atom stereocenters. The molecule has 94 valence electrons. The molecule has 0 aliphatic carbocycles. The van der Waals surface area contributed by atoms with Gasteiger partial charge < -0.3 is 0 Å². The topological polar surface area (TPSA) is 34.0 Å². The van der Waals surface area contributed by atoms with E-state index in [9.17, 15) is 4.79 Å². The van der Waals surface area contributed by atoms with Crippen molar-refractivity contribution in [3.8, 4) is 0 Å². The van der Waals surface area contributed by atoms with Crippen LogP contribution in [0.25, 0.3) is 0 Å². The van der Waals surface area contributed by atoms with Crippen LogP contribution in [0.5, 0.6) is 0 Å². The molecule has 1 N–H and O–H groups in total. The number of amides is 1. The number of nitrogens with one attached hydrogen (secondary N) is 1. The lowest BCUT2D eigenvalue weighted by Crippen LogP contribution is -2.24. The fourth-order valence-electron chi connectivity index (χ4n) is 1.68. The van der Waals surface area contributed by atoms with Crippen molar-refractivity contribution in [2.75, 3.05) is 5.43 Å². The van der Waals surface area contributed by atoms with Crippen molar-refractivity contribution in [1.29, 1.82) is 0 Å². The van der Waals surface area contributed by atoms with Crippen molar-refractivity contribution in [3.63, 3.8) is 0 Å². The molecule has 2 rings (SSSR count). The van der Waals surface area contributed by atoms with Crippen LogP contribution in [0.15, 0.2) is 39.3 Å². The average molecular weight is 372 g/mol. The van der Waals surface area contributed by atoms with Crippen LogP contribution in [0.1, 0.15) is 21.7 Å². The first-order valence-electron chi connectivity index (χ1n) is 5.40. The Morgan fingerprint density at radius 3 is 2.28 bits per heavy atom. The average Bonchev–Trinajstić information content (AvgIpc) is 2.60. The summed E-state index contributed by atoms with van der Waals surface area (Å²) in [6, 6.07) is 9.40. The van der Waals surface area contributed by atoms with Crippen molar-refractivity contribution in [2.24, 2.45) is 0 Å². The first-order chi connectivity index (χ1) is 8.49. The number of hydrogen-bond donors (Lipinski definition) is 1. The maximum Gasteiger partial charge on any atom is 0.271 e. The lowest BCUT2D eigenvalue weighted by molar-refractivity contribution is 0.101. The van der Waals surface area contributed by atoms with Crippen LogP contribution in [0.4, 0.5) is 0 Å². The van der Waals surface area contributed by atoms with E-state index in [1.54, 1.807) is 10.7 Å². The Kier molecular flexibility index (Phi) is 3.92. The summed E-state index contributed by atoms with van der Waals surface area (Å²) in [5, 5.41) is 0. The van der Waals surface area contributed by atoms with Gasteiger partial charge >= 0.3 is 0 Å². The van der Waals surface area contributed by atoms with Gasteiger partial charge in [-0.1, -0.05) is 15.9 Å². The molecule has 0 fully saturated rings. The fourth-order valence-corrected chi connectivity index (χ4v) is 2.91. The number of nitrogens with zero attached hydrogens (tertiary/aromatic N) is 1. The van der Waals surface area contributed by atoms with Crippen LogP contribution in [0, 0.1) is 13.8 Å². The highest BCUT2D eigenvalue weighted by molar-refractivity contribution is 9.11. The Bertz CT molecular complexity index is 586. The van der Waals surface area contributed by atoms with Gasteiger partial charge in [-0.05, 0) is 60.1 Å². The Hall–Kier alpha value is -1.07. The first-order valence-corrected chi connectivity index (χ1v) is 6.99. The highest BCUT2D eigenvalue weighted by Gasteiger charge is 2.12. The van der Waals surface area contributed by atoms with Gasteiger partial charge in [-0.3, -0.25) is 14.9 Å². The second-order valence-electron chi connectivity index (χ2n) is 4.02. The molecule has 3 nitrogen and oxygen atoms in total. The summed E-state index contributed by atoms with van der Waals surface area (Å²) in [7, 11) is 0. The molecule has 18 heavy (non-hydrogen) atoms. The minimum absolute atomic E-state index is 0.142. The summed E-state index contributed by atoms with van der Waals surface area (Å²) in [4.78, 5) is 12.2. The van der Waals surface area contributed by atoms with Gasteiger partial charge in [0.1, 0.15) is 0 Å². The Balaban J connectivity index is 2.28. The Morgan fingerprint density at radius 1 is 1.11 bits per heavy atom. The lowest BCUT2D eigenvalue weighted by atomic mass is 10.2.